The molecule has 2 aromatic heterocycles. The number of ether oxygens (including phenoxy) is 2. The smallest absolute Gasteiger partial charge is 0.234 e. The molecule has 1 amide bonds. The molecule has 0 unspecified atom stereocenters. The van der Waals surface area contributed by atoms with Crippen LogP contribution < -0.4 is 14.8 Å². The fourth-order valence-corrected chi connectivity index (χ4v) is 2.78. The summed E-state index contributed by atoms with van der Waals surface area (Å²) in [6.07, 6.45) is 5.12. The van der Waals surface area contributed by atoms with Crippen LogP contribution >= 0.6 is 11.8 Å². The number of rotatable bonds is 8. The fraction of sp³-hybridized carbons (Fsp3) is 0.167. The van der Waals surface area contributed by atoms with E-state index < -0.39 is 0 Å². The Kier molecular flexibility index (Phi) is 6.16. The van der Waals surface area contributed by atoms with Crippen LogP contribution in [0, 0.1) is 0 Å². The Morgan fingerprint density at radius 2 is 2.19 bits per heavy atom. The molecule has 0 bridgehead atoms. The lowest BCUT2D eigenvalue weighted by atomic mass is 10.2. The first kappa shape index (κ1) is 18.6. The number of aromatic nitrogens is 3. The van der Waals surface area contributed by atoms with Gasteiger partial charge in [0, 0.05) is 6.07 Å². The maximum Gasteiger partial charge on any atom is 0.234 e. The third-order valence-corrected chi connectivity index (χ3v) is 4.29. The number of aromatic amines is 1. The number of furan rings is 1. The molecule has 0 aliphatic carbocycles. The van der Waals surface area contributed by atoms with Crippen molar-refractivity contribution in [3.8, 4) is 11.5 Å². The van der Waals surface area contributed by atoms with E-state index in [1.807, 2.05) is 6.07 Å². The monoisotopic (exact) mass is 386 g/mol. The average Bonchev–Trinajstić information content (AvgIpc) is 3.36. The summed E-state index contributed by atoms with van der Waals surface area (Å²) in [4.78, 5) is 16.5. The van der Waals surface area contributed by atoms with Crippen molar-refractivity contribution in [1.29, 1.82) is 0 Å². The van der Waals surface area contributed by atoms with E-state index in [4.69, 9.17) is 13.9 Å². The van der Waals surface area contributed by atoms with Crippen molar-refractivity contribution >= 4 is 35.5 Å². The molecule has 0 saturated heterocycles. The van der Waals surface area contributed by atoms with E-state index in [-0.39, 0.29) is 11.7 Å². The minimum Gasteiger partial charge on any atom is -0.497 e. The van der Waals surface area contributed by atoms with Crippen molar-refractivity contribution in [2.24, 2.45) is 0 Å². The first-order valence-corrected chi connectivity index (χ1v) is 8.95. The standard InChI is InChI=1S/C18H18N4O4S/c1-24-13-5-7-15(25-2)14(10-13)19-17(23)11-27-18-20-16(21-22-18)8-6-12-4-3-9-26-12/h3-10H,11H2,1-2H3,(H,19,23)(H,20,21,22)/b8-6+. The third kappa shape index (κ3) is 5.14. The number of thioether (sulfide) groups is 1. The van der Waals surface area contributed by atoms with Crippen molar-refractivity contribution in [3.63, 3.8) is 0 Å². The summed E-state index contributed by atoms with van der Waals surface area (Å²) in [6, 6.07) is 8.83. The number of methoxy groups -OCH3 is 2. The minimum atomic E-state index is -0.205. The number of carbonyl (C=O) groups excluding carboxylic acids is 1. The number of anilines is 1. The van der Waals surface area contributed by atoms with Gasteiger partial charge in [-0.3, -0.25) is 9.89 Å². The van der Waals surface area contributed by atoms with E-state index in [2.05, 4.69) is 20.5 Å². The van der Waals surface area contributed by atoms with Gasteiger partial charge >= 0.3 is 0 Å². The maximum absolute atomic E-state index is 12.2. The average molecular weight is 386 g/mol. The van der Waals surface area contributed by atoms with Crippen molar-refractivity contribution < 1.29 is 18.7 Å². The predicted molar refractivity (Wildman–Crippen MR) is 103 cm³/mol. The third-order valence-electron chi connectivity index (χ3n) is 3.44. The van der Waals surface area contributed by atoms with Gasteiger partial charge < -0.3 is 19.2 Å². The van der Waals surface area contributed by atoms with Crippen LogP contribution in [0.4, 0.5) is 5.69 Å². The second kappa shape index (κ2) is 8.95. The van der Waals surface area contributed by atoms with Crippen LogP contribution in [0.5, 0.6) is 11.5 Å². The summed E-state index contributed by atoms with van der Waals surface area (Å²) in [5, 5.41) is 10.1. The second-order valence-corrected chi connectivity index (χ2v) is 6.20. The van der Waals surface area contributed by atoms with E-state index in [1.165, 1.54) is 18.9 Å². The highest BCUT2D eigenvalue weighted by Crippen LogP contribution is 2.29. The molecule has 8 nitrogen and oxygen atoms in total. The molecule has 0 radical (unpaired) electrons. The largest absolute Gasteiger partial charge is 0.497 e. The van der Waals surface area contributed by atoms with Gasteiger partial charge in [0.1, 0.15) is 23.1 Å². The summed E-state index contributed by atoms with van der Waals surface area (Å²) in [5.41, 5.74) is 0.541. The highest BCUT2D eigenvalue weighted by Gasteiger charge is 2.11. The Labute approximate surface area is 160 Å². The highest BCUT2D eigenvalue weighted by atomic mass is 32.2. The van der Waals surface area contributed by atoms with Crippen LogP contribution in [0.2, 0.25) is 0 Å². The molecule has 3 rings (SSSR count). The molecule has 2 heterocycles. The predicted octanol–water partition coefficient (Wildman–Crippen LogP) is 3.32. The number of carbonyl (C=O) groups is 1. The van der Waals surface area contributed by atoms with Gasteiger partial charge in [-0.2, -0.15) is 0 Å². The molecule has 0 saturated carbocycles. The van der Waals surface area contributed by atoms with Gasteiger partial charge in [0.25, 0.3) is 0 Å². The zero-order valence-corrected chi connectivity index (χ0v) is 15.6. The van der Waals surface area contributed by atoms with Crippen molar-refractivity contribution in [2.75, 3.05) is 25.3 Å². The second-order valence-electron chi connectivity index (χ2n) is 5.26. The van der Waals surface area contributed by atoms with E-state index >= 15 is 0 Å². The Morgan fingerprint density at radius 3 is 2.93 bits per heavy atom. The summed E-state index contributed by atoms with van der Waals surface area (Å²) in [7, 11) is 3.10. The zero-order valence-electron chi connectivity index (χ0n) is 14.8. The van der Waals surface area contributed by atoms with Crippen LogP contribution in [-0.2, 0) is 4.79 Å². The molecule has 9 heteroatoms. The number of benzene rings is 1. The van der Waals surface area contributed by atoms with E-state index in [0.29, 0.717) is 33.9 Å². The Bertz CT molecular complexity index is 921. The van der Waals surface area contributed by atoms with Gasteiger partial charge in [-0.1, -0.05) is 11.8 Å². The zero-order chi connectivity index (χ0) is 19.1. The normalized spacial score (nSPS) is 10.9. The molecule has 0 aliphatic rings. The van der Waals surface area contributed by atoms with Crippen molar-refractivity contribution in [2.45, 2.75) is 5.16 Å². The SMILES string of the molecule is COc1ccc(OC)c(NC(=O)CSc2n[nH]c(/C=C/c3ccco3)n2)c1. The summed E-state index contributed by atoms with van der Waals surface area (Å²) < 4.78 is 15.6. The number of nitrogens with zero attached hydrogens (tertiary/aromatic N) is 2. The highest BCUT2D eigenvalue weighted by molar-refractivity contribution is 7.99. The molecule has 1 aromatic carbocycles. The fourth-order valence-electron chi connectivity index (χ4n) is 2.17. The van der Waals surface area contributed by atoms with Gasteiger partial charge in [0.2, 0.25) is 11.1 Å². The van der Waals surface area contributed by atoms with Crippen LogP contribution in [0.25, 0.3) is 12.2 Å². The summed E-state index contributed by atoms with van der Waals surface area (Å²) >= 11 is 1.22. The van der Waals surface area contributed by atoms with Crippen LogP contribution in [0.1, 0.15) is 11.6 Å². The number of amides is 1. The van der Waals surface area contributed by atoms with Crippen molar-refractivity contribution in [1.82, 2.24) is 15.2 Å². The van der Waals surface area contributed by atoms with Crippen LogP contribution in [-0.4, -0.2) is 41.1 Å². The Balaban J connectivity index is 1.55. The number of nitrogens with one attached hydrogen (secondary N) is 2. The number of hydrogen-bond donors (Lipinski definition) is 2. The number of hydrogen-bond acceptors (Lipinski definition) is 7. The van der Waals surface area contributed by atoms with Gasteiger partial charge in [0.05, 0.1) is 31.9 Å². The molecule has 0 spiro atoms. The topological polar surface area (TPSA) is 102 Å². The first-order chi connectivity index (χ1) is 13.2. The minimum absolute atomic E-state index is 0.152. The van der Waals surface area contributed by atoms with E-state index in [0.717, 1.165) is 0 Å². The lowest BCUT2D eigenvalue weighted by Gasteiger charge is -2.11. The van der Waals surface area contributed by atoms with Gasteiger partial charge in [-0.25, -0.2) is 4.98 Å². The maximum atomic E-state index is 12.2. The van der Waals surface area contributed by atoms with Crippen LogP contribution in [0.15, 0.2) is 46.2 Å². The van der Waals surface area contributed by atoms with Gasteiger partial charge in [0.15, 0.2) is 0 Å². The number of H-pyrrole nitrogens is 1. The lowest BCUT2D eigenvalue weighted by Crippen LogP contribution is -2.15. The van der Waals surface area contributed by atoms with Gasteiger partial charge in [-0.05, 0) is 36.4 Å². The van der Waals surface area contributed by atoms with Crippen LogP contribution in [0.3, 0.4) is 0 Å². The molecule has 140 valence electrons. The molecule has 27 heavy (non-hydrogen) atoms. The van der Waals surface area contributed by atoms with E-state index in [1.54, 1.807) is 49.8 Å². The molecule has 0 fully saturated rings. The Hall–Kier alpha value is -3.20. The first-order valence-electron chi connectivity index (χ1n) is 7.96. The molecule has 0 aliphatic heterocycles. The lowest BCUT2D eigenvalue weighted by molar-refractivity contribution is -0.113. The molecule has 0 atom stereocenters. The van der Waals surface area contributed by atoms with Gasteiger partial charge in [-0.15, -0.1) is 5.10 Å². The summed E-state index contributed by atoms with van der Waals surface area (Å²) in [6.45, 7) is 0. The molecule has 2 N–H and O–H groups in total. The molecular weight excluding hydrogens is 368 g/mol. The molecular formula is C18H18N4O4S. The summed E-state index contributed by atoms with van der Waals surface area (Å²) in [5.74, 6) is 2.41. The molecule has 3 aromatic rings. The Morgan fingerprint density at radius 1 is 1.30 bits per heavy atom. The van der Waals surface area contributed by atoms with E-state index in [9.17, 15) is 4.79 Å². The van der Waals surface area contributed by atoms with Crippen molar-refractivity contribution in [3.05, 3.63) is 48.2 Å². The quantitative estimate of drug-likeness (QED) is 0.573.